The average Bonchev–Trinajstić information content (AvgIpc) is 3.04. The standard InChI is InChI=1S/C13H18N2O/c1-9-3-4-11(7-10(9)2)15-12(16)13(8-14)5-6-13/h3-4,7H,5-6,8,14H2,1-2H3,(H,15,16). The molecule has 3 nitrogen and oxygen atoms in total. The number of benzene rings is 1. The molecule has 1 aromatic carbocycles. The van der Waals surface area contributed by atoms with Crippen molar-refractivity contribution >= 4 is 11.6 Å². The fourth-order valence-electron chi connectivity index (χ4n) is 1.76. The first-order valence-electron chi connectivity index (χ1n) is 5.66. The summed E-state index contributed by atoms with van der Waals surface area (Å²) in [6, 6.07) is 5.96. The van der Waals surface area contributed by atoms with E-state index in [0.717, 1.165) is 18.5 Å². The molecule has 0 atom stereocenters. The molecule has 1 fully saturated rings. The Kier molecular flexibility index (Phi) is 2.72. The maximum absolute atomic E-state index is 11.9. The van der Waals surface area contributed by atoms with Crippen molar-refractivity contribution in [3.8, 4) is 0 Å². The summed E-state index contributed by atoms with van der Waals surface area (Å²) in [7, 11) is 0. The monoisotopic (exact) mass is 218 g/mol. The van der Waals surface area contributed by atoms with Gasteiger partial charge in [0.1, 0.15) is 0 Å². The van der Waals surface area contributed by atoms with Crippen LogP contribution in [-0.2, 0) is 4.79 Å². The average molecular weight is 218 g/mol. The second-order valence-electron chi connectivity index (χ2n) is 4.74. The fraction of sp³-hybridized carbons (Fsp3) is 0.462. The van der Waals surface area contributed by atoms with E-state index in [2.05, 4.69) is 12.2 Å². The highest BCUT2D eigenvalue weighted by atomic mass is 16.2. The molecule has 1 aromatic rings. The molecule has 3 heteroatoms. The molecule has 0 aliphatic heterocycles. The van der Waals surface area contributed by atoms with Gasteiger partial charge in [-0.3, -0.25) is 4.79 Å². The molecule has 86 valence electrons. The first-order valence-corrected chi connectivity index (χ1v) is 5.66. The Balaban J connectivity index is 2.09. The van der Waals surface area contributed by atoms with Gasteiger partial charge in [0.15, 0.2) is 0 Å². The van der Waals surface area contributed by atoms with Crippen molar-refractivity contribution in [2.45, 2.75) is 26.7 Å². The first kappa shape index (κ1) is 11.1. The summed E-state index contributed by atoms with van der Waals surface area (Å²) in [5.41, 5.74) is 8.63. The summed E-state index contributed by atoms with van der Waals surface area (Å²) >= 11 is 0. The number of nitrogens with one attached hydrogen (secondary N) is 1. The molecule has 0 unspecified atom stereocenters. The third-order valence-corrected chi connectivity index (χ3v) is 3.49. The van der Waals surface area contributed by atoms with Crippen LogP contribution in [0.25, 0.3) is 0 Å². The van der Waals surface area contributed by atoms with E-state index in [-0.39, 0.29) is 11.3 Å². The lowest BCUT2D eigenvalue weighted by molar-refractivity contribution is -0.120. The molecule has 1 saturated carbocycles. The summed E-state index contributed by atoms with van der Waals surface area (Å²) in [4.78, 5) is 11.9. The molecule has 1 aliphatic carbocycles. The van der Waals surface area contributed by atoms with Crippen LogP contribution >= 0.6 is 0 Å². The maximum atomic E-state index is 11.9. The molecule has 0 spiro atoms. The van der Waals surface area contributed by atoms with Gasteiger partial charge in [-0.2, -0.15) is 0 Å². The zero-order valence-electron chi connectivity index (χ0n) is 9.84. The smallest absolute Gasteiger partial charge is 0.231 e. The predicted octanol–water partition coefficient (Wildman–Crippen LogP) is 1.98. The van der Waals surface area contributed by atoms with Crippen molar-refractivity contribution in [3.63, 3.8) is 0 Å². The van der Waals surface area contributed by atoms with Crippen LogP contribution in [0.2, 0.25) is 0 Å². The molecule has 0 saturated heterocycles. The molecule has 1 amide bonds. The van der Waals surface area contributed by atoms with Crippen LogP contribution in [0.3, 0.4) is 0 Å². The minimum Gasteiger partial charge on any atom is -0.329 e. The number of hydrogen-bond donors (Lipinski definition) is 2. The summed E-state index contributed by atoms with van der Waals surface area (Å²) in [6.07, 6.45) is 1.83. The molecule has 3 N–H and O–H groups in total. The quantitative estimate of drug-likeness (QED) is 0.815. The van der Waals surface area contributed by atoms with Crippen molar-refractivity contribution in [2.75, 3.05) is 11.9 Å². The van der Waals surface area contributed by atoms with Crippen molar-refractivity contribution in [1.82, 2.24) is 0 Å². The summed E-state index contributed by atoms with van der Waals surface area (Å²) in [6.45, 7) is 4.55. The maximum Gasteiger partial charge on any atom is 0.231 e. The largest absolute Gasteiger partial charge is 0.329 e. The number of rotatable bonds is 3. The normalized spacial score (nSPS) is 16.9. The van der Waals surface area contributed by atoms with Crippen LogP contribution in [-0.4, -0.2) is 12.5 Å². The Morgan fingerprint density at radius 2 is 2.06 bits per heavy atom. The Morgan fingerprint density at radius 1 is 1.38 bits per heavy atom. The predicted molar refractivity (Wildman–Crippen MR) is 65.3 cm³/mol. The Bertz CT molecular complexity index is 422. The van der Waals surface area contributed by atoms with E-state index in [1.165, 1.54) is 11.1 Å². The van der Waals surface area contributed by atoms with Crippen LogP contribution < -0.4 is 11.1 Å². The van der Waals surface area contributed by atoms with Gasteiger partial charge in [-0.05, 0) is 49.9 Å². The molecular weight excluding hydrogens is 200 g/mol. The number of amides is 1. The van der Waals surface area contributed by atoms with Crippen LogP contribution in [0.5, 0.6) is 0 Å². The summed E-state index contributed by atoms with van der Waals surface area (Å²) in [5, 5.41) is 2.94. The topological polar surface area (TPSA) is 55.1 Å². The van der Waals surface area contributed by atoms with Crippen molar-refractivity contribution in [1.29, 1.82) is 0 Å². The SMILES string of the molecule is Cc1ccc(NC(=O)C2(CN)CC2)cc1C. The highest BCUT2D eigenvalue weighted by Crippen LogP contribution is 2.45. The van der Waals surface area contributed by atoms with Crippen LogP contribution in [0.4, 0.5) is 5.69 Å². The number of carbonyl (C=O) groups excluding carboxylic acids is 1. The third kappa shape index (κ3) is 1.95. The summed E-state index contributed by atoms with van der Waals surface area (Å²) < 4.78 is 0. The van der Waals surface area contributed by atoms with E-state index in [0.29, 0.717) is 6.54 Å². The zero-order chi connectivity index (χ0) is 11.8. The van der Waals surface area contributed by atoms with Gasteiger partial charge in [-0.15, -0.1) is 0 Å². The Morgan fingerprint density at radius 3 is 2.56 bits per heavy atom. The molecule has 0 aromatic heterocycles. The zero-order valence-corrected chi connectivity index (χ0v) is 9.84. The van der Waals surface area contributed by atoms with E-state index >= 15 is 0 Å². The van der Waals surface area contributed by atoms with Gasteiger partial charge in [-0.25, -0.2) is 0 Å². The number of carbonyl (C=O) groups is 1. The number of hydrogen-bond acceptors (Lipinski definition) is 2. The Hall–Kier alpha value is -1.35. The highest BCUT2D eigenvalue weighted by molar-refractivity contribution is 5.97. The minimum absolute atomic E-state index is 0.0678. The summed E-state index contributed by atoms with van der Waals surface area (Å²) in [5.74, 6) is 0.0678. The molecule has 1 aliphatic rings. The first-order chi connectivity index (χ1) is 7.57. The second kappa shape index (κ2) is 3.91. The Labute approximate surface area is 96.0 Å². The lowest BCUT2D eigenvalue weighted by atomic mass is 10.1. The van der Waals surface area contributed by atoms with Gasteiger partial charge in [0.05, 0.1) is 5.41 Å². The van der Waals surface area contributed by atoms with E-state index in [9.17, 15) is 4.79 Å². The van der Waals surface area contributed by atoms with Gasteiger partial charge in [-0.1, -0.05) is 6.07 Å². The van der Waals surface area contributed by atoms with Gasteiger partial charge < -0.3 is 11.1 Å². The van der Waals surface area contributed by atoms with Crippen molar-refractivity contribution in [3.05, 3.63) is 29.3 Å². The second-order valence-corrected chi connectivity index (χ2v) is 4.74. The lowest BCUT2D eigenvalue weighted by Crippen LogP contribution is -2.30. The van der Waals surface area contributed by atoms with E-state index in [1.54, 1.807) is 0 Å². The lowest BCUT2D eigenvalue weighted by Gasteiger charge is -2.13. The van der Waals surface area contributed by atoms with Crippen molar-refractivity contribution in [2.24, 2.45) is 11.1 Å². The van der Waals surface area contributed by atoms with Gasteiger partial charge >= 0.3 is 0 Å². The number of nitrogens with two attached hydrogens (primary N) is 1. The van der Waals surface area contributed by atoms with Crippen LogP contribution in [0.1, 0.15) is 24.0 Å². The van der Waals surface area contributed by atoms with E-state index < -0.39 is 0 Å². The van der Waals surface area contributed by atoms with Gasteiger partial charge in [0, 0.05) is 12.2 Å². The van der Waals surface area contributed by atoms with Gasteiger partial charge in [0.2, 0.25) is 5.91 Å². The highest BCUT2D eigenvalue weighted by Gasteiger charge is 2.48. The molecule has 0 heterocycles. The molecular formula is C13H18N2O. The molecule has 0 bridgehead atoms. The number of aryl methyl sites for hydroxylation is 2. The van der Waals surface area contributed by atoms with E-state index in [4.69, 9.17) is 5.73 Å². The third-order valence-electron chi connectivity index (χ3n) is 3.49. The minimum atomic E-state index is -0.279. The number of anilines is 1. The van der Waals surface area contributed by atoms with Gasteiger partial charge in [0.25, 0.3) is 0 Å². The van der Waals surface area contributed by atoms with Crippen LogP contribution in [0, 0.1) is 19.3 Å². The van der Waals surface area contributed by atoms with Crippen LogP contribution in [0.15, 0.2) is 18.2 Å². The molecule has 16 heavy (non-hydrogen) atoms. The van der Waals surface area contributed by atoms with Crippen molar-refractivity contribution < 1.29 is 4.79 Å². The van der Waals surface area contributed by atoms with E-state index in [1.807, 2.05) is 25.1 Å². The fourth-order valence-corrected chi connectivity index (χ4v) is 1.76. The molecule has 2 rings (SSSR count). The molecule has 0 radical (unpaired) electrons.